The minimum atomic E-state index is -1.65. The Hall–Kier alpha value is -1.18. The van der Waals surface area contributed by atoms with E-state index in [1.807, 2.05) is 0 Å². The molecule has 1 saturated heterocycles. The number of rotatable bonds is 4. The Morgan fingerprint density at radius 2 is 2.25 bits per heavy atom. The predicted octanol–water partition coefficient (Wildman–Crippen LogP) is -1.23. The van der Waals surface area contributed by atoms with Gasteiger partial charge >= 0.3 is 0 Å². The lowest BCUT2D eigenvalue weighted by molar-refractivity contribution is -0.155. The first-order valence-electron chi connectivity index (χ1n) is 4.49. The van der Waals surface area contributed by atoms with E-state index in [4.69, 9.17) is 22.3 Å². The molecule has 16 heavy (non-hydrogen) atoms. The fourth-order valence-electron chi connectivity index (χ4n) is 1.44. The van der Waals surface area contributed by atoms with Crippen molar-refractivity contribution in [3.05, 3.63) is 17.4 Å². The molecule has 5 atom stereocenters. The average Bonchev–Trinajstić information content (AvgIpc) is 2.55. The van der Waals surface area contributed by atoms with Gasteiger partial charge in [0, 0.05) is 11.3 Å². The molecule has 0 bridgehead atoms. The average molecular weight is 229 g/mol. The Morgan fingerprint density at radius 3 is 2.75 bits per heavy atom. The molecule has 8 nitrogen and oxygen atoms in total. The van der Waals surface area contributed by atoms with E-state index in [9.17, 15) is 15.0 Å². The van der Waals surface area contributed by atoms with Crippen molar-refractivity contribution in [1.29, 1.82) is 0 Å². The van der Waals surface area contributed by atoms with Crippen molar-refractivity contribution in [1.82, 2.24) is 0 Å². The van der Waals surface area contributed by atoms with E-state index >= 15 is 0 Å². The van der Waals surface area contributed by atoms with Crippen LogP contribution in [0.4, 0.5) is 0 Å². The number of Topliss-reactive ketones (excluding diaryl/α,β-unsaturated/α-hetero) is 1. The molecular weight excluding hydrogens is 218 g/mol. The van der Waals surface area contributed by atoms with E-state index < -0.39 is 42.8 Å². The topological polar surface area (TPSA) is 136 Å². The highest BCUT2D eigenvalue weighted by atomic mass is 16.6. The van der Waals surface area contributed by atoms with Gasteiger partial charge in [-0.05, 0) is 12.5 Å². The molecule has 0 spiro atoms. The van der Waals surface area contributed by atoms with E-state index in [-0.39, 0.29) is 0 Å². The van der Waals surface area contributed by atoms with Crippen molar-refractivity contribution in [2.24, 2.45) is 5.11 Å². The van der Waals surface area contributed by atoms with Crippen LogP contribution in [0.15, 0.2) is 5.11 Å². The normalized spacial score (nSPS) is 35.5. The second kappa shape index (κ2) is 5.24. The Balaban J connectivity index is 2.86. The van der Waals surface area contributed by atoms with Crippen LogP contribution in [0.2, 0.25) is 0 Å². The minimum Gasteiger partial charge on any atom is -0.387 e. The van der Waals surface area contributed by atoms with Crippen LogP contribution < -0.4 is 0 Å². The maximum Gasteiger partial charge on any atom is 0.181 e. The summed E-state index contributed by atoms with van der Waals surface area (Å²) in [6.45, 7) is 5.04. The smallest absolute Gasteiger partial charge is 0.181 e. The van der Waals surface area contributed by atoms with Gasteiger partial charge in [0.1, 0.15) is 18.3 Å². The first kappa shape index (κ1) is 12.9. The molecule has 1 aliphatic heterocycles. The number of carbonyl (C=O) groups is 1. The lowest BCUT2D eigenvalue weighted by atomic mass is 10.00. The van der Waals surface area contributed by atoms with Gasteiger partial charge in [-0.25, -0.2) is 0 Å². The Labute approximate surface area is 91.1 Å². The molecule has 0 aromatic carbocycles. The van der Waals surface area contributed by atoms with Gasteiger partial charge in [0.05, 0.1) is 6.04 Å². The van der Waals surface area contributed by atoms with Crippen LogP contribution >= 0.6 is 0 Å². The molecule has 1 fully saturated rings. The Kier molecular flexibility index (Phi) is 4.22. The molecule has 1 rings (SSSR count). The number of nitrogens with zero attached hydrogens (tertiary/aromatic N) is 3. The van der Waals surface area contributed by atoms with E-state index in [0.717, 1.165) is 0 Å². The number of hydrogen-bond donors (Lipinski definition) is 3. The van der Waals surface area contributed by atoms with Crippen LogP contribution in [0.3, 0.4) is 0 Å². The fraction of sp³-hybridized carbons (Fsp3) is 0.750. The summed E-state index contributed by atoms with van der Waals surface area (Å²) in [7, 11) is 0. The van der Waals surface area contributed by atoms with Gasteiger partial charge in [-0.3, -0.25) is 4.79 Å². The van der Waals surface area contributed by atoms with Crippen LogP contribution in [0.25, 0.3) is 10.4 Å². The van der Waals surface area contributed by atoms with E-state index in [0.29, 0.717) is 0 Å². The molecule has 0 aromatic heterocycles. The molecule has 8 heteroatoms. The van der Waals surface area contributed by atoms with Crippen LogP contribution in [-0.2, 0) is 9.53 Å². The van der Waals surface area contributed by atoms with Crippen LogP contribution in [0.5, 0.6) is 0 Å². The molecule has 0 aromatic rings. The highest BCUT2D eigenvalue weighted by Crippen LogP contribution is 2.25. The van der Waals surface area contributed by atoms with E-state index in [2.05, 4.69) is 10.0 Å². The van der Waals surface area contributed by atoms with Crippen LogP contribution in [-0.4, -0.2) is 51.7 Å². The second-order valence-electron chi connectivity index (χ2n) is 3.29. The maximum absolute atomic E-state index is 11.1. The highest BCUT2D eigenvalue weighted by Gasteiger charge is 2.47. The SMILES string of the molecule is [CH]CC(=O)[C@H](O)[C@H]1O[C@H](O)[C@H](O)[C@@H]1N=[N+]=[N-]. The molecule has 1 aliphatic rings. The van der Waals surface area contributed by atoms with E-state index in [1.54, 1.807) is 0 Å². The summed E-state index contributed by atoms with van der Waals surface area (Å²) < 4.78 is 4.74. The number of ether oxygens (including phenoxy) is 1. The number of aliphatic hydroxyl groups excluding tert-OH is 3. The van der Waals surface area contributed by atoms with Crippen LogP contribution in [0, 0.1) is 6.92 Å². The van der Waals surface area contributed by atoms with Crippen LogP contribution in [0.1, 0.15) is 6.42 Å². The van der Waals surface area contributed by atoms with E-state index in [1.165, 1.54) is 0 Å². The van der Waals surface area contributed by atoms with Crippen molar-refractivity contribution in [2.75, 3.05) is 0 Å². The predicted molar refractivity (Wildman–Crippen MR) is 49.8 cm³/mol. The first-order valence-corrected chi connectivity index (χ1v) is 4.49. The Morgan fingerprint density at radius 1 is 1.62 bits per heavy atom. The zero-order valence-electron chi connectivity index (χ0n) is 8.17. The number of carbonyl (C=O) groups excluding carboxylic acids is 1. The molecule has 88 valence electrons. The fourth-order valence-corrected chi connectivity index (χ4v) is 1.44. The lowest BCUT2D eigenvalue weighted by Gasteiger charge is -2.19. The van der Waals surface area contributed by atoms with Gasteiger partial charge in [0.2, 0.25) is 0 Å². The molecule has 3 N–H and O–H groups in total. The monoisotopic (exact) mass is 229 g/mol. The lowest BCUT2D eigenvalue weighted by Crippen LogP contribution is -2.41. The number of hydrogen-bond acceptors (Lipinski definition) is 6. The molecule has 1 heterocycles. The zero-order valence-corrected chi connectivity index (χ0v) is 8.17. The van der Waals surface area contributed by atoms with Gasteiger partial charge in [-0.2, -0.15) is 0 Å². The summed E-state index contributed by atoms with van der Waals surface area (Å²) in [6, 6.07) is -1.23. The number of azide groups is 1. The standard InChI is InChI=1S/C8H11N3O5/c1-2-3(12)5(13)7-4(10-11-9)6(14)8(15)16-7/h1,4-8,13-15H,2H2/t4-,5-,6+,7-,8-/m0/s1. The second-order valence-corrected chi connectivity index (χ2v) is 3.29. The summed E-state index contributed by atoms with van der Waals surface area (Å²) >= 11 is 0. The van der Waals surface area contributed by atoms with Gasteiger partial charge in [-0.1, -0.05) is 5.11 Å². The van der Waals surface area contributed by atoms with Gasteiger partial charge in [-0.15, -0.1) is 0 Å². The van der Waals surface area contributed by atoms with Crippen molar-refractivity contribution < 1.29 is 24.9 Å². The van der Waals surface area contributed by atoms with Crippen molar-refractivity contribution >= 4 is 5.78 Å². The third-order valence-electron chi connectivity index (χ3n) is 2.30. The molecular formula is C8H11N3O5. The summed E-state index contributed by atoms with van der Waals surface area (Å²) in [5.74, 6) is -0.732. The maximum atomic E-state index is 11.1. The summed E-state index contributed by atoms with van der Waals surface area (Å²) in [5.41, 5.74) is 8.24. The highest BCUT2D eigenvalue weighted by molar-refractivity contribution is 5.84. The number of aliphatic hydroxyl groups is 3. The quantitative estimate of drug-likeness (QED) is 0.315. The summed E-state index contributed by atoms with van der Waals surface area (Å²) in [4.78, 5) is 13.5. The van der Waals surface area contributed by atoms with Gasteiger partial charge < -0.3 is 20.1 Å². The molecule has 0 aliphatic carbocycles. The minimum absolute atomic E-state index is 0.420. The molecule has 0 amide bonds. The van der Waals surface area contributed by atoms with Crippen molar-refractivity contribution in [3.8, 4) is 0 Å². The number of ketones is 1. The van der Waals surface area contributed by atoms with Gasteiger partial charge in [0.25, 0.3) is 0 Å². The largest absolute Gasteiger partial charge is 0.387 e. The summed E-state index contributed by atoms with van der Waals surface area (Å²) in [5, 5.41) is 31.2. The third-order valence-corrected chi connectivity index (χ3v) is 2.30. The van der Waals surface area contributed by atoms with Crippen molar-refractivity contribution in [3.63, 3.8) is 0 Å². The molecule has 0 saturated carbocycles. The molecule has 0 unspecified atom stereocenters. The summed E-state index contributed by atoms with van der Waals surface area (Å²) in [6.07, 6.45) is -6.46. The third kappa shape index (κ3) is 2.31. The first-order chi connectivity index (χ1) is 7.52. The van der Waals surface area contributed by atoms with Gasteiger partial charge in [0.15, 0.2) is 12.1 Å². The van der Waals surface area contributed by atoms with Crippen molar-refractivity contribution in [2.45, 2.75) is 37.1 Å². The zero-order chi connectivity index (χ0) is 12.3. The molecule has 2 radical (unpaired) electrons. The Bertz CT molecular complexity index is 317.